The predicted octanol–water partition coefficient (Wildman–Crippen LogP) is 2.51. The van der Waals surface area contributed by atoms with Crippen molar-refractivity contribution in [2.45, 2.75) is 12.6 Å². The van der Waals surface area contributed by atoms with Crippen LogP contribution in [-0.2, 0) is 0 Å². The van der Waals surface area contributed by atoms with Crippen molar-refractivity contribution < 1.29 is 13.2 Å². The van der Waals surface area contributed by atoms with E-state index in [4.69, 9.17) is 0 Å². The molecular formula is C7H8F3S. The van der Waals surface area contributed by atoms with E-state index in [2.05, 4.69) is 6.92 Å². The molecule has 0 spiro atoms. The van der Waals surface area contributed by atoms with Gasteiger partial charge in [-0.15, -0.1) is 11.8 Å². The van der Waals surface area contributed by atoms with Crippen molar-refractivity contribution in [3.05, 3.63) is 6.92 Å². The third-order valence-corrected chi connectivity index (χ3v) is 1.62. The maximum Gasteiger partial charge on any atom is 0.457 e. The second-order valence-electron chi connectivity index (χ2n) is 1.71. The van der Waals surface area contributed by atoms with Crippen LogP contribution in [0.2, 0.25) is 0 Å². The summed E-state index contributed by atoms with van der Waals surface area (Å²) in [6, 6.07) is 0. The fraction of sp³-hybridized carbons (Fsp3) is 0.571. The number of hydrogen-bond acceptors (Lipinski definition) is 1. The first-order valence-electron chi connectivity index (χ1n) is 3.00. The lowest BCUT2D eigenvalue weighted by molar-refractivity contribution is -0.0696. The Balaban J connectivity index is 3.41. The fourth-order valence-corrected chi connectivity index (χ4v) is 0.884. The van der Waals surface area contributed by atoms with Crippen LogP contribution in [0.25, 0.3) is 0 Å². The Hall–Kier alpha value is -0.300. The standard InChI is InChI=1S/C7H8F3S/c1-2-5-11-6-3-4-7(8,9)10/h1-2,5-6H2. The van der Waals surface area contributed by atoms with Gasteiger partial charge in [-0.3, -0.25) is 0 Å². The van der Waals surface area contributed by atoms with Crippen LogP contribution in [-0.4, -0.2) is 17.7 Å². The van der Waals surface area contributed by atoms with Crippen molar-refractivity contribution in [1.29, 1.82) is 0 Å². The van der Waals surface area contributed by atoms with Crippen molar-refractivity contribution in [3.63, 3.8) is 0 Å². The minimum absolute atomic E-state index is 0.231. The SMILES string of the molecule is [CH2]CCSCC#CC(F)(F)F. The fourth-order valence-electron chi connectivity index (χ4n) is 0.362. The largest absolute Gasteiger partial charge is 0.457 e. The molecule has 11 heavy (non-hydrogen) atoms. The molecule has 0 unspecified atom stereocenters. The number of alkyl halides is 3. The van der Waals surface area contributed by atoms with Crippen LogP contribution < -0.4 is 0 Å². The summed E-state index contributed by atoms with van der Waals surface area (Å²) in [5, 5.41) is 0. The zero-order valence-electron chi connectivity index (χ0n) is 5.87. The second kappa shape index (κ2) is 5.36. The highest BCUT2D eigenvalue weighted by molar-refractivity contribution is 7.99. The molecule has 0 aromatic rings. The van der Waals surface area contributed by atoms with Gasteiger partial charge in [0.2, 0.25) is 0 Å². The van der Waals surface area contributed by atoms with Crippen LogP contribution in [0.1, 0.15) is 6.42 Å². The molecule has 0 bridgehead atoms. The molecule has 0 aliphatic heterocycles. The molecule has 4 heteroatoms. The van der Waals surface area contributed by atoms with E-state index in [1.165, 1.54) is 17.7 Å². The monoisotopic (exact) mass is 181 g/mol. The lowest BCUT2D eigenvalue weighted by Gasteiger charge is -1.92. The van der Waals surface area contributed by atoms with Gasteiger partial charge in [-0.1, -0.05) is 12.8 Å². The van der Waals surface area contributed by atoms with Crippen LogP contribution in [0, 0.1) is 18.8 Å². The molecule has 0 fully saturated rings. The summed E-state index contributed by atoms with van der Waals surface area (Å²) in [5.74, 6) is 4.20. The van der Waals surface area contributed by atoms with Gasteiger partial charge >= 0.3 is 6.18 Å². The normalized spacial score (nSPS) is 10.5. The van der Waals surface area contributed by atoms with Gasteiger partial charge in [0.05, 0.1) is 5.75 Å². The van der Waals surface area contributed by atoms with Gasteiger partial charge in [0.1, 0.15) is 0 Å². The lowest BCUT2D eigenvalue weighted by atomic mass is 10.6. The summed E-state index contributed by atoms with van der Waals surface area (Å²) in [7, 11) is 0. The van der Waals surface area contributed by atoms with E-state index in [1.54, 1.807) is 0 Å². The first-order valence-corrected chi connectivity index (χ1v) is 4.15. The van der Waals surface area contributed by atoms with Crippen molar-refractivity contribution in [3.8, 4) is 11.8 Å². The van der Waals surface area contributed by atoms with E-state index in [1.807, 2.05) is 5.92 Å². The molecular weight excluding hydrogens is 173 g/mol. The molecule has 63 valence electrons. The predicted molar refractivity (Wildman–Crippen MR) is 41.1 cm³/mol. The third-order valence-electron chi connectivity index (χ3n) is 0.693. The number of rotatable bonds is 3. The van der Waals surface area contributed by atoms with E-state index in [0.717, 1.165) is 12.2 Å². The van der Waals surface area contributed by atoms with Crippen molar-refractivity contribution >= 4 is 11.8 Å². The van der Waals surface area contributed by atoms with E-state index in [0.29, 0.717) is 0 Å². The summed E-state index contributed by atoms with van der Waals surface area (Å²) in [4.78, 5) is 0. The topological polar surface area (TPSA) is 0 Å². The van der Waals surface area contributed by atoms with E-state index >= 15 is 0 Å². The van der Waals surface area contributed by atoms with E-state index < -0.39 is 6.18 Å². The highest BCUT2D eigenvalue weighted by atomic mass is 32.2. The molecule has 0 atom stereocenters. The first kappa shape index (κ1) is 10.7. The number of hydrogen-bond donors (Lipinski definition) is 0. The Morgan fingerprint density at radius 1 is 1.36 bits per heavy atom. The van der Waals surface area contributed by atoms with E-state index in [9.17, 15) is 13.2 Å². The smallest absolute Gasteiger partial charge is 0.159 e. The summed E-state index contributed by atoms with van der Waals surface area (Å²) < 4.78 is 34.1. The first-order chi connectivity index (χ1) is 5.06. The van der Waals surface area contributed by atoms with Crippen LogP contribution in [0.15, 0.2) is 0 Å². The molecule has 0 aliphatic carbocycles. The van der Waals surface area contributed by atoms with Gasteiger partial charge < -0.3 is 0 Å². The summed E-state index contributed by atoms with van der Waals surface area (Å²) in [6.07, 6.45) is -3.62. The average Bonchev–Trinajstić information content (AvgIpc) is 1.85. The summed E-state index contributed by atoms with van der Waals surface area (Å²) in [6.45, 7) is 3.54. The maximum atomic E-state index is 11.4. The van der Waals surface area contributed by atoms with Crippen molar-refractivity contribution in [2.24, 2.45) is 0 Å². The Bertz CT molecular complexity index is 151. The molecule has 0 heterocycles. The van der Waals surface area contributed by atoms with Gasteiger partial charge in [0.25, 0.3) is 0 Å². The summed E-state index contributed by atoms with van der Waals surface area (Å²) in [5.41, 5.74) is 0. The lowest BCUT2D eigenvalue weighted by Crippen LogP contribution is -2.01. The Morgan fingerprint density at radius 2 is 2.00 bits per heavy atom. The van der Waals surface area contributed by atoms with Crippen LogP contribution >= 0.6 is 11.8 Å². The Labute approximate surface area is 68.5 Å². The average molecular weight is 181 g/mol. The number of halogens is 3. The number of thioether (sulfide) groups is 1. The molecule has 0 aromatic heterocycles. The van der Waals surface area contributed by atoms with Gasteiger partial charge in [-0.05, 0) is 12.2 Å². The van der Waals surface area contributed by atoms with Crippen LogP contribution in [0.3, 0.4) is 0 Å². The van der Waals surface area contributed by atoms with Gasteiger partial charge in [-0.25, -0.2) is 0 Å². The Morgan fingerprint density at radius 3 is 2.45 bits per heavy atom. The van der Waals surface area contributed by atoms with Crippen LogP contribution in [0.4, 0.5) is 13.2 Å². The molecule has 0 nitrogen and oxygen atoms in total. The second-order valence-corrected chi connectivity index (χ2v) is 2.81. The molecule has 0 N–H and O–H groups in total. The third kappa shape index (κ3) is 9.70. The molecule has 0 amide bonds. The van der Waals surface area contributed by atoms with Gasteiger partial charge in [0, 0.05) is 5.92 Å². The quantitative estimate of drug-likeness (QED) is 0.476. The zero-order valence-corrected chi connectivity index (χ0v) is 6.69. The Kier molecular flexibility index (Phi) is 5.22. The molecule has 1 radical (unpaired) electrons. The molecule has 0 saturated carbocycles. The van der Waals surface area contributed by atoms with Crippen molar-refractivity contribution in [2.75, 3.05) is 11.5 Å². The highest BCUT2D eigenvalue weighted by Gasteiger charge is 2.22. The minimum atomic E-state index is -4.34. The highest BCUT2D eigenvalue weighted by Crippen LogP contribution is 2.12. The molecule has 0 rings (SSSR count). The van der Waals surface area contributed by atoms with Crippen LogP contribution in [0.5, 0.6) is 0 Å². The molecule has 0 saturated heterocycles. The molecule has 0 aromatic carbocycles. The summed E-state index contributed by atoms with van der Waals surface area (Å²) >= 11 is 1.36. The zero-order chi connectivity index (χ0) is 8.74. The van der Waals surface area contributed by atoms with E-state index in [-0.39, 0.29) is 5.75 Å². The maximum absolute atomic E-state index is 11.4. The van der Waals surface area contributed by atoms with Crippen molar-refractivity contribution in [1.82, 2.24) is 0 Å². The van der Waals surface area contributed by atoms with Gasteiger partial charge in [0.15, 0.2) is 0 Å². The minimum Gasteiger partial charge on any atom is -0.159 e. The van der Waals surface area contributed by atoms with Gasteiger partial charge in [-0.2, -0.15) is 13.2 Å². The molecule has 0 aliphatic rings.